The summed E-state index contributed by atoms with van der Waals surface area (Å²) in [7, 11) is 0. The minimum atomic E-state index is -0.503. The van der Waals surface area contributed by atoms with Crippen molar-refractivity contribution in [1.82, 2.24) is 10.2 Å². The molecule has 1 aromatic rings. The number of H-pyrrole nitrogens is 1. The highest BCUT2D eigenvalue weighted by Crippen LogP contribution is 2.53. The molecule has 0 amide bonds. The molecule has 4 nitrogen and oxygen atoms in total. The van der Waals surface area contributed by atoms with Gasteiger partial charge in [-0.3, -0.25) is 9.89 Å². The third-order valence-electron chi connectivity index (χ3n) is 4.95. The molecule has 4 heteroatoms. The van der Waals surface area contributed by atoms with E-state index in [4.69, 9.17) is 0 Å². The number of hydrogen-bond acceptors (Lipinski definition) is 3. The zero-order valence-electron chi connectivity index (χ0n) is 11.4. The third-order valence-corrected chi connectivity index (χ3v) is 4.95. The lowest BCUT2D eigenvalue weighted by atomic mass is 9.52. The molecule has 98 valence electrons. The largest absolute Gasteiger partial charge is 0.293 e. The van der Waals surface area contributed by atoms with Crippen LogP contribution in [0, 0.1) is 22.7 Å². The molecule has 1 heterocycles. The van der Waals surface area contributed by atoms with Crippen LogP contribution in [0.1, 0.15) is 38.4 Å². The van der Waals surface area contributed by atoms with Crippen LogP contribution < -0.4 is 0 Å². The predicted molar refractivity (Wildman–Crippen MR) is 70.2 cm³/mol. The van der Waals surface area contributed by atoms with Crippen molar-refractivity contribution in [3.05, 3.63) is 29.1 Å². The average molecular weight is 255 g/mol. The SMILES string of the molecule is CC1(C)C(=O)C(C#N)=C[C@]2(C)c3[nH]ncc3CC[C@@H]12. The van der Waals surface area contributed by atoms with Gasteiger partial charge in [0.2, 0.25) is 0 Å². The Morgan fingerprint density at radius 2 is 2.21 bits per heavy atom. The first-order chi connectivity index (χ1) is 8.91. The molecule has 0 saturated heterocycles. The van der Waals surface area contributed by atoms with E-state index in [9.17, 15) is 10.1 Å². The highest BCUT2D eigenvalue weighted by molar-refractivity contribution is 6.04. The number of allylic oxidation sites excluding steroid dienone is 2. The van der Waals surface area contributed by atoms with E-state index in [1.54, 1.807) is 0 Å². The van der Waals surface area contributed by atoms with Crippen molar-refractivity contribution in [3.63, 3.8) is 0 Å². The fourth-order valence-corrected chi connectivity index (χ4v) is 3.98. The van der Waals surface area contributed by atoms with E-state index in [-0.39, 0.29) is 22.7 Å². The lowest BCUT2D eigenvalue weighted by Crippen LogP contribution is -2.51. The number of nitriles is 1. The molecule has 0 aliphatic heterocycles. The second kappa shape index (κ2) is 3.57. The summed E-state index contributed by atoms with van der Waals surface area (Å²) in [6.45, 7) is 6.03. The Morgan fingerprint density at radius 3 is 2.89 bits per heavy atom. The number of nitrogens with one attached hydrogen (secondary N) is 1. The molecule has 0 aromatic carbocycles. The third kappa shape index (κ3) is 1.39. The molecule has 19 heavy (non-hydrogen) atoms. The van der Waals surface area contributed by atoms with Gasteiger partial charge in [0.15, 0.2) is 5.78 Å². The van der Waals surface area contributed by atoms with E-state index in [1.165, 1.54) is 5.56 Å². The van der Waals surface area contributed by atoms with Crippen molar-refractivity contribution in [2.75, 3.05) is 0 Å². The van der Waals surface area contributed by atoms with Crippen LogP contribution in [0.25, 0.3) is 0 Å². The van der Waals surface area contributed by atoms with Crippen molar-refractivity contribution in [1.29, 1.82) is 5.26 Å². The molecular weight excluding hydrogens is 238 g/mol. The number of hydrogen-bond donors (Lipinski definition) is 1. The van der Waals surface area contributed by atoms with Crippen LogP contribution in [-0.4, -0.2) is 16.0 Å². The molecular formula is C15H17N3O. The second-order valence-electron chi connectivity index (χ2n) is 6.36. The van der Waals surface area contributed by atoms with Crippen molar-refractivity contribution < 1.29 is 4.79 Å². The summed E-state index contributed by atoms with van der Waals surface area (Å²) in [4.78, 5) is 12.4. The van der Waals surface area contributed by atoms with Crippen LogP contribution in [0.15, 0.2) is 17.8 Å². The van der Waals surface area contributed by atoms with Crippen molar-refractivity contribution in [3.8, 4) is 6.07 Å². The number of Topliss-reactive ketones (excluding diaryl/α,β-unsaturated/α-hetero) is 1. The molecule has 0 fully saturated rings. The summed E-state index contributed by atoms with van der Waals surface area (Å²) < 4.78 is 0. The molecule has 2 aliphatic rings. The average Bonchev–Trinajstić information content (AvgIpc) is 2.83. The molecule has 3 rings (SSSR count). The number of aromatic nitrogens is 2. The van der Waals surface area contributed by atoms with Gasteiger partial charge in [-0.25, -0.2) is 0 Å². The van der Waals surface area contributed by atoms with Crippen LogP contribution in [0.3, 0.4) is 0 Å². The van der Waals surface area contributed by atoms with E-state index < -0.39 is 5.41 Å². The number of carbonyl (C=O) groups is 1. The van der Waals surface area contributed by atoms with Gasteiger partial charge in [0.05, 0.1) is 11.8 Å². The minimum Gasteiger partial charge on any atom is -0.293 e. The van der Waals surface area contributed by atoms with Crippen LogP contribution in [0.4, 0.5) is 0 Å². The van der Waals surface area contributed by atoms with Gasteiger partial charge in [-0.05, 0) is 24.3 Å². The van der Waals surface area contributed by atoms with Gasteiger partial charge in [0.1, 0.15) is 6.07 Å². The van der Waals surface area contributed by atoms with E-state index in [0.29, 0.717) is 0 Å². The van der Waals surface area contributed by atoms with Gasteiger partial charge in [-0.15, -0.1) is 0 Å². The predicted octanol–water partition coefficient (Wildman–Crippen LogP) is 2.29. The summed E-state index contributed by atoms with van der Waals surface area (Å²) in [6.07, 6.45) is 5.61. The van der Waals surface area contributed by atoms with Crippen LogP contribution in [0.5, 0.6) is 0 Å². The van der Waals surface area contributed by atoms with E-state index >= 15 is 0 Å². The number of ketones is 1. The summed E-state index contributed by atoms with van der Waals surface area (Å²) in [6, 6.07) is 2.07. The minimum absolute atomic E-state index is 0.0274. The fraction of sp³-hybridized carbons (Fsp3) is 0.533. The molecule has 1 N–H and O–H groups in total. The summed E-state index contributed by atoms with van der Waals surface area (Å²) >= 11 is 0. The molecule has 0 spiro atoms. The Balaban J connectivity index is 2.27. The van der Waals surface area contributed by atoms with Crippen LogP contribution >= 0.6 is 0 Å². The van der Waals surface area contributed by atoms with Gasteiger partial charge in [0.25, 0.3) is 0 Å². The second-order valence-corrected chi connectivity index (χ2v) is 6.36. The standard InChI is InChI=1S/C15H17N3O/c1-14(2)11-5-4-9-8-17-18-12(9)15(11,3)6-10(7-16)13(14)19/h6,8,11H,4-5H2,1-3H3,(H,17,18)/t11-,15-/m0/s1. The Morgan fingerprint density at radius 1 is 1.47 bits per heavy atom. The normalized spacial score (nSPS) is 32.0. The maximum atomic E-state index is 12.4. The molecule has 0 radical (unpaired) electrons. The highest BCUT2D eigenvalue weighted by atomic mass is 16.1. The molecule has 1 aromatic heterocycles. The zero-order chi connectivity index (χ0) is 13.8. The van der Waals surface area contributed by atoms with Gasteiger partial charge < -0.3 is 0 Å². The number of fused-ring (bicyclic) bond motifs is 3. The Labute approximate surface area is 112 Å². The topological polar surface area (TPSA) is 69.5 Å². The maximum absolute atomic E-state index is 12.4. The number of aromatic amines is 1. The van der Waals surface area contributed by atoms with Crippen molar-refractivity contribution >= 4 is 5.78 Å². The van der Waals surface area contributed by atoms with Gasteiger partial charge in [-0.2, -0.15) is 10.4 Å². The quantitative estimate of drug-likeness (QED) is 0.773. The lowest BCUT2D eigenvalue weighted by molar-refractivity contribution is -0.128. The molecule has 0 unspecified atom stereocenters. The first-order valence-electron chi connectivity index (χ1n) is 6.61. The van der Waals surface area contributed by atoms with E-state index in [1.807, 2.05) is 26.1 Å². The van der Waals surface area contributed by atoms with Crippen molar-refractivity contribution in [2.24, 2.45) is 11.3 Å². The number of aryl methyl sites for hydroxylation is 1. The fourth-order valence-electron chi connectivity index (χ4n) is 3.98. The van der Waals surface area contributed by atoms with Gasteiger partial charge in [0, 0.05) is 16.5 Å². The summed E-state index contributed by atoms with van der Waals surface area (Å²) in [5.41, 5.74) is 1.75. The lowest BCUT2D eigenvalue weighted by Gasteiger charge is -2.49. The van der Waals surface area contributed by atoms with Crippen LogP contribution in [-0.2, 0) is 16.6 Å². The Bertz CT molecular complexity index is 632. The van der Waals surface area contributed by atoms with Crippen LogP contribution in [0.2, 0.25) is 0 Å². The number of carbonyl (C=O) groups excluding carboxylic acids is 1. The maximum Gasteiger partial charge on any atom is 0.178 e. The molecule has 0 bridgehead atoms. The molecule has 2 atom stereocenters. The first-order valence-corrected chi connectivity index (χ1v) is 6.61. The van der Waals surface area contributed by atoms with E-state index in [0.717, 1.165) is 18.5 Å². The Hall–Kier alpha value is -1.89. The van der Waals surface area contributed by atoms with Gasteiger partial charge in [-0.1, -0.05) is 26.8 Å². The summed E-state index contributed by atoms with van der Waals surface area (Å²) in [5, 5.41) is 16.4. The smallest absolute Gasteiger partial charge is 0.178 e. The summed E-state index contributed by atoms with van der Waals surface area (Å²) in [5.74, 6) is 0.179. The van der Waals surface area contributed by atoms with Crippen molar-refractivity contribution in [2.45, 2.75) is 39.0 Å². The number of rotatable bonds is 0. The highest BCUT2D eigenvalue weighted by Gasteiger charge is 2.54. The van der Waals surface area contributed by atoms with Gasteiger partial charge >= 0.3 is 0 Å². The first kappa shape index (κ1) is 12.2. The zero-order valence-corrected chi connectivity index (χ0v) is 11.4. The monoisotopic (exact) mass is 255 g/mol. The Kier molecular flexibility index (Phi) is 2.28. The molecule has 0 saturated carbocycles. The van der Waals surface area contributed by atoms with E-state index in [2.05, 4.69) is 23.2 Å². The number of nitrogens with zero attached hydrogens (tertiary/aromatic N) is 2. The molecule has 2 aliphatic carbocycles.